The van der Waals surface area contributed by atoms with E-state index in [1.807, 2.05) is 43.4 Å². The van der Waals surface area contributed by atoms with Crippen molar-refractivity contribution in [3.05, 3.63) is 48.6 Å². The van der Waals surface area contributed by atoms with Crippen molar-refractivity contribution in [1.82, 2.24) is 0 Å². The zero-order chi connectivity index (χ0) is 20.8. The number of hydrogen-bond donors (Lipinski definition) is 4. The Labute approximate surface area is 167 Å². The first-order valence-electron chi connectivity index (χ1n) is 9.98. The molecule has 1 rings (SSSR count). The van der Waals surface area contributed by atoms with Crippen molar-refractivity contribution in [3.8, 4) is 0 Å². The molecule has 6 heteroatoms. The van der Waals surface area contributed by atoms with Gasteiger partial charge in [-0.1, -0.05) is 55.5 Å². The average molecular weight is 395 g/mol. The quantitative estimate of drug-likeness (QED) is 0.358. The molecule has 158 valence electrons. The Kier molecular flexibility index (Phi) is 12.4. The lowest BCUT2D eigenvalue weighted by atomic mass is 10.0. The van der Waals surface area contributed by atoms with Crippen LogP contribution in [0.25, 0.3) is 0 Å². The summed E-state index contributed by atoms with van der Waals surface area (Å²) in [4.78, 5) is 10.4. The molecule has 1 aliphatic rings. The van der Waals surface area contributed by atoms with Gasteiger partial charge in [-0.3, -0.25) is 4.79 Å². The van der Waals surface area contributed by atoms with Crippen molar-refractivity contribution >= 4 is 5.97 Å². The maximum Gasteiger partial charge on any atom is 0.303 e. The van der Waals surface area contributed by atoms with E-state index >= 15 is 0 Å². The fourth-order valence-electron chi connectivity index (χ4n) is 2.79. The molecule has 0 bridgehead atoms. The Morgan fingerprint density at radius 1 is 1.07 bits per heavy atom. The van der Waals surface area contributed by atoms with Crippen LogP contribution in [0.2, 0.25) is 0 Å². The summed E-state index contributed by atoms with van der Waals surface area (Å²) in [5, 5.41) is 38.2. The van der Waals surface area contributed by atoms with Crippen LogP contribution < -0.4 is 0 Å². The predicted octanol–water partition coefficient (Wildman–Crippen LogP) is 2.90. The van der Waals surface area contributed by atoms with E-state index in [1.54, 1.807) is 6.08 Å². The van der Waals surface area contributed by atoms with E-state index in [4.69, 9.17) is 9.84 Å². The molecule has 0 aromatic carbocycles. The van der Waals surface area contributed by atoms with Crippen molar-refractivity contribution in [2.24, 2.45) is 0 Å². The maximum atomic E-state index is 10.4. The minimum Gasteiger partial charge on any atom is -0.481 e. The van der Waals surface area contributed by atoms with Crippen LogP contribution in [0.3, 0.4) is 0 Å². The van der Waals surface area contributed by atoms with Crippen LogP contribution in [0, 0.1) is 0 Å². The third-order valence-electron chi connectivity index (χ3n) is 4.52. The minimum atomic E-state index is -0.837. The molecule has 0 amide bonds. The second-order valence-corrected chi connectivity index (χ2v) is 6.92. The first kappa shape index (κ1) is 24.3. The number of carbonyl (C=O) groups is 1. The lowest BCUT2D eigenvalue weighted by molar-refractivity contribution is -0.136. The summed E-state index contributed by atoms with van der Waals surface area (Å²) in [7, 11) is 0. The number of ether oxygens (including phenoxy) is 1. The lowest BCUT2D eigenvalue weighted by Gasteiger charge is -2.16. The fourth-order valence-corrected chi connectivity index (χ4v) is 2.79. The molecule has 1 saturated heterocycles. The standard InChI is InChI=1S/C22H34O6/c1-2-17(23)14-15-18(24)21-16-19(25)20(28-21)12-10-8-6-4-3-5-7-9-11-13-22(26)27/h3-4,7-10,14-15,17-21,23-25H,2,5-6,11-13,16H2,1H3,(H,26,27)/b4-3-,9-7-,10-8-,15-14+/t17-,18+,19+,20+,21-/m1/s1. The summed E-state index contributed by atoms with van der Waals surface area (Å²) in [6.45, 7) is 1.86. The van der Waals surface area contributed by atoms with E-state index in [-0.39, 0.29) is 12.5 Å². The van der Waals surface area contributed by atoms with Crippen LogP contribution >= 0.6 is 0 Å². The van der Waals surface area contributed by atoms with E-state index in [0.29, 0.717) is 25.7 Å². The highest BCUT2D eigenvalue weighted by Gasteiger charge is 2.36. The molecule has 0 radical (unpaired) electrons. The van der Waals surface area contributed by atoms with Gasteiger partial charge in [-0.25, -0.2) is 0 Å². The Balaban J connectivity index is 2.23. The highest BCUT2D eigenvalue weighted by Crippen LogP contribution is 2.26. The molecule has 0 saturated carbocycles. The van der Waals surface area contributed by atoms with E-state index in [2.05, 4.69) is 0 Å². The molecule has 0 spiro atoms. The van der Waals surface area contributed by atoms with Gasteiger partial charge in [0.05, 0.1) is 30.5 Å². The number of aliphatic carboxylic acids is 1. The van der Waals surface area contributed by atoms with Crippen molar-refractivity contribution in [2.75, 3.05) is 0 Å². The number of hydrogen-bond acceptors (Lipinski definition) is 5. The molecule has 4 N–H and O–H groups in total. The zero-order valence-electron chi connectivity index (χ0n) is 16.6. The fraction of sp³-hybridized carbons (Fsp3) is 0.591. The van der Waals surface area contributed by atoms with Crippen LogP contribution in [0.4, 0.5) is 0 Å². The number of aliphatic hydroxyl groups is 3. The first-order valence-corrected chi connectivity index (χ1v) is 9.98. The molecule has 5 atom stereocenters. The zero-order valence-corrected chi connectivity index (χ0v) is 16.6. The van der Waals surface area contributed by atoms with Gasteiger partial charge in [-0.05, 0) is 32.1 Å². The van der Waals surface area contributed by atoms with Crippen LogP contribution in [-0.4, -0.2) is 56.9 Å². The summed E-state index contributed by atoms with van der Waals surface area (Å²) < 4.78 is 5.75. The Morgan fingerprint density at radius 3 is 2.36 bits per heavy atom. The van der Waals surface area contributed by atoms with Gasteiger partial charge in [0.15, 0.2) is 0 Å². The normalized spacial score (nSPS) is 25.5. The molecule has 1 aliphatic heterocycles. The molecular formula is C22H34O6. The highest BCUT2D eigenvalue weighted by atomic mass is 16.5. The lowest BCUT2D eigenvalue weighted by Crippen LogP contribution is -2.24. The molecule has 28 heavy (non-hydrogen) atoms. The number of aliphatic hydroxyl groups excluding tert-OH is 3. The molecule has 0 unspecified atom stereocenters. The third-order valence-corrected chi connectivity index (χ3v) is 4.52. The van der Waals surface area contributed by atoms with Gasteiger partial charge in [-0.2, -0.15) is 0 Å². The highest BCUT2D eigenvalue weighted by molar-refractivity contribution is 5.66. The molecule has 6 nitrogen and oxygen atoms in total. The van der Waals surface area contributed by atoms with Crippen LogP contribution in [0.15, 0.2) is 48.6 Å². The SMILES string of the molecule is CC[C@@H](O)/C=C/[C@H](O)[C@H]1C[C@H](O)[C@H](C/C=C\C/C=C\C/C=C\CCC(=O)O)O1. The summed E-state index contributed by atoms with van der Waals surface area (Å²) >= 11 is 0. The van der Waals surface area contributed by atoms with Gasteiger partial charge >= 0.3 is 5.97 Å². The van der Waals surface area contributed by atoms with Gasteiger partial charge in [0.2, 0.25) is 0 Å². The Bertz CT molecular complexity index is 551. The Hall–Kier alpha value is -1.73. The van der Waals surface area contributed by atoms with Gasteiger partial charge < -0.3 is 25.2 Å². The first-order chi connectivity index (χ1) is 13.4. The van der Waals surface area contributed by atoms with Crippen molar-refractivity contribution in [3.63, 3.8) is 0 Å². The second-order valence-electron chi connectivity index (χ2n) is 6.92. The van der Waals surface area contributed by atoms with Crippen LogP contribution in [0.5, 0.6) is 0 Å². The van der Waals surface area contributed by atoms with Crippen molar-refractivity contribution in [1.29, 1.82) is 0 Å². The Morgan fingerprint density at radius 2 is 1.71 bits per heavy atom. The summed E-state index contributed by atoms with van der Waals surface area (Å²) in [6, 6.07) is 0. The smallest absolute Gasteiger partial charge is 0.303 e. The second kappa shape index (κ2) is 14.3. The maximum absolute atomic E-state index is 10.4. The largest absolute Gasteiger partial charge is 0.481 e. The minimum absolute atomic E-state index is 0.160. The van der Waals surface area contributed by atoms with E-state index in [9.17, 15) is 20.1 Å². The van der Waals surface area contributed by atoms with E-state index < -0.39 is 30.4 Å². The molecule has 1 fully saturated rings. The van der Waals surface area contributed by atoms with Crippen LogP contribution in [0.1, 0.15) is 51.9 Å². The predicted molar refractivity (Wildman–Crippen MR) is 109 cm³/mol. The van der Waals surface area contributed by atoms with E-state index in [0.717, 1.165) is 12.8 Å². The molecule has 0 aliphatic carbocycles. The number of carboxylic acid groups (broad SMARTS) is 1. The van der Waals surface area contributed by atoms with Crippen molar-refractivity contribution in [2.45, 2.75) is 82.4 Å². The number of allylic oxidation sites excluding steroid dienone is 5. The van der Waals surface area contributed by atoms with Gasteiger partial charge in [0.1, 0.15) is 0 Å². The third kappa shape index (κ3) is 10.6. The van der Waals surface area contributed by atoms with Crippen LogP contribution in [-0.2, 0) is 9.53 Å². The van der Waals surface area contributed by atoms with Gasteiger partial charge in [0, 0.05) is 12.8 Å². The molecular weight excluding hydrogens is 360 g/mol. The molecule has 1 heterocycles. The topological polar surface area (TPSA) is 107 Å². The number of rotatable bonds is 13. The average Bonchev–Trinajstić information content (AvgIpc) is 3.04. The van der Waals surface area contributed by atoms with Crippen molar-refractivity contribution < 1.29 is 30.0 Å². The summed E-state index contributed by atoms with van der Waals surface area (Å²) in [5.41, 5.74) is 0. The summed E-state index contributed by atoms with van der Waals surface area (Å²) in [5.74, 6) is -0.783. The van der Waals surface area contributed by atoms with E-state index in [1.165, 1.54) is 6.08 Å². The number of carboxylic acids is 1. The molecule has 0 aromatic rings. The van der Waals surface area contributed by atoms with Gasteiger partial charge in [0.25, 0.3) is 0 Å². The molecule has 0 aromatic heterocycles. The summed E-state index contributed by atoms with van der Waals surface area (Å²) in [6.07, 6.45) is 15.9. The van der Waals surface area contributed by atoms with Gasteiger partial charge in [-0.15, -0.1) is 0 Å². The monoisotopic (exact) mass is 394 g/mol.